The fourth-order valence-electron chi connectivity index (χ4n) is 3.00. The Morgan fingerprint density at radius 2 is 2.21 bits per heavy atom. The lowest BCUT2D eigenvalue weighted by atomic mass is 10.2. The second-order valence-corrected chi connectivity index (χ2v) is 6.27. The van der Waals surface area contributed by atoms with Crippen LogP contribution in [0.5, 0.6) is 5.75 Å². The minimum Gasteiger partial charge on any atom is -0.497 e. The zero-order valence-corrected chi connectivity index (χ0v) is 18.5. The third kappa shape index (κ3) is 5.54. The lowest BCUT2D eigenvalue weighted by molar-refractivity contribution is -0.117. The summed E-state index contributed by atoms with van der Waals surface area (Å²) >= 11 is 0. The Morgan fingerprint density at radius 3 is 2.93 bits per heavy atom. The third-order valence-electron chi connectivity index (χ3n) is 4.33. The summed E-state index contributed by atoms with van der Waals surface area (Å²) in [6, 6.07) is 9.35. The SMILES string of the molecule is CN=C(NCc1ccnc(C)n1)NC1CC(=O)N(c2cccc(OC)c2)C1.I. The Hall–Kier alpha value is -2.43. The molecule has 1 amide bonds. The maximum Gasteiger partial charge on any atom is 0.229 e. The quantitative estimate of drug-likeness (QED) is 0.373. The zero-order chi connectivity index (χ0) is 19.2. The van der Waals surface area contributed by atoms with Crippen molar-refractivity contribution in [2.24, 2.45) is 4.99 Å². The number of rotatable bonds is 5. The van der Waals surface area contributed by atoms with E-state index in [1.54, 1.807) is 25.3 Å². The summed E-state index contributed by atoms with van der Waals surface area (Å²) in [6.45, 7) is 2.95. The second-order valence-electron chi connectivity index (χ2n) is 6.27. The van der Waals surface area contributed by atoms with Gasteiger partial charge in [-0.15, -0.1) is 24.0 Å². The molecule has 1 aliphatic rings. The lowest BCUT2D eigenvalue weighted by Crippen LogP contribution is -2.44. The molecule has 3 rings (SSSR count). The minimum atomic E-state index is -0.0259. The van der Waals surface area contributed by atoms with Gasteiger partial charge in [-0.2, -0.15) is 0 Å². The van der Waals surface area contributed by atoms with Gasteiger partial charge in [-0.1, -0.05) is 6.07 Å². The van der Waals surface area contributed by atoms with E-state index in [0.717, 1.165) is 23.0 Å². The van der Waals surface area contributed by atoms with Crippen molar-refractivity contribution in [3.05, 3.63) is 48.0 Å². The lowest BCUT2D eigenvalue weighted by Gasteiger charge is -2.19. The van der Waals surface area contributed by atoms with Crippen LogP contribution in [-0.2, 0) is 11.3 Å². The van der Waals surface area contributed by atoms with Crippen molar-refractivity contribution >= 4 is 41.5 Å². The molecule has 2 N–H and O–H groups in total. The van der Waals surface area contributed by atoms with Crippen LogP contribution < -0.4 is 20.3 Å². The number of guanidine groups is 1. The standard InChI is InChI=1S/C19H24N6O2.HI/c1-13-21-8-7-14(23-13)11-22-19(20-2)24-15-9-18(26)25(12-15)16-5-4-6-17(10-16)27-3;/h4-8,10,15H,9,11-12H2,1-3H3,(H2,20,22,24);1H. The van der Waals surface area contributed by atoms with Gasteiger partial charge in [-0.25, -0.2) is 9.97 Å². The largest absolute Gasteiger partial charge is 0.497 e. The number of amides is 1. The van der Waals surface area contributed by atoms with Gasteiger partial charge < -0.3 is 20.3 Å². The van der Waals surface area contributed by atoms with Gasteiger partial charge in [0.05, 0.1) is 25.4 Å². The topological polar surface area (TPSA) is 91.7 Å². The predicted molar refractivity (Wildman–Crippen MR) is 119 cm³/mol. The Balaban J connectivity index is 0.00000280. The molecule has 9 heteroatoms. The fraction of sp³-hybridized carbons (Fsp3) is 0.368. The highest BCUT2D eigenvalue weighted by Gasteiger charge is 2.31. The van der Waals surface area contributed by atoms with Crippen LogP contribution in [0.25, 0.3) is 0 Å². The Kier molecular flexibility index (Phi) is 7.97. The average Bonchev–Trinajstić information content (AvgIpc) is 3.05. The summed E-state index contributed by atoms with van der Waals surface area (Å²) in [7, 11) is 3.32. The van der Waals surface area contributed by atoms with Crippen LogP contribution >= 0.6 is 24.0 Å². The molecular formula is C19H25IN6O2. The molecule has 1 aliphatic heterocycles. The molecule has 0 bridgehead atoms. The molecule has 8 nitrogen and oxygen atoms in total. The van der Waals surface area contributed by atoms with Crippen LogP contribution in [-0.4, -0.2) is 48.6 Å². The van der Waals surface area contributed by atoms with Crippen LogP contribution in [0.2, 0.25) is 0 Å². The number of hydrogen-bond acceptors (Lipinski definition) is 5. The molecule has 0 saturated carbocycles. The number of nitrogens with one attached hydrogen (secondary N) is 2. The number of hydrogen-bond donors (Lipinski definition) is 2. The molecule has 1 atom stereocenters. The van der Waals surface area contributed by atoms with E-state index in [1.165, 1.54) is 0 Å². The second kappa shape index (κ2) is 10.2. The number of aliphatic imine (C=N–C) groups is 1. The van der Waals surface area contributed by atoms with Crippen LogP contribution in [0.1, 0.15) is 17.9 Å². The molecule has 1 fully saturated rings. The van der Waals surface area contributed by atoms with Crippen LogP contribution in [0, 0.1) is 6.92 Å². The van der Waals surface area contributed by atoms with E-state index < -0.39 is 0 Å². The number of carbonyl (C=O) groups is 1. The van der Waals surface area contributed by atoms with Gasteiger partial charge in [0.2, 0.25) is 5.91 Å². The molecule has 1 unspecified atom stereocenters. The number of benzene rings is 1. The maximum absolute atomic E-state index is 12.4. The molecule has 1 aromatic carbocycles. The van der Waals surface area contributed by atoms with Crippen LogP contribution in [0.15, 0.2) is 41.5 Å². The highest BCUT2D eigenvalue weighted by molar-refractivity contribution is 14.0. The Bertz CT molecular complexity index is 845. The highest BCUT2D eigenvalue weighted by atomic mass is 127. The van der Waals surface area contributed by atoms with Crippen molar-refractivity contribution < 1.29 is 9.53 Å². The number of aryl methyl sites for hydroxylation is 1. The summed E-state index contributed by atoms with van der Waals surface area (Å²) in [5, 5.41) is 6.54. The van der Waals surface area contributed by atoms with Gasteiger partial charge in [-0.05, 0) is 25.1 Å². The number of ether oxygens (including phenoxy) is 1. The van der Waals surface area contributed by atoms with E-state index in [2.05, 4.69) is 25.6 Å². The van der Waals surface area contributed by atoms with E-state index >= 15 is 0 Å². The molecule has 2 heterocycles. The Labute approximate surface area is 181 Å². The van der Waals surface area contributed by atoms with Gasteiger partial charge in [0, 0.05) is 38.0 Å². The fourth-order valence-corrected chi connectivity index (χ4v) is 3.00. The first-order chi connectivity index (χ1) is 13.1. The summed E-state index contributed by atoms with van der Waals surface area (Å²) in [4.78, 5) is 26.9. The molecule has 1 saturated heterocycles. The molecule has 150 valence electrons. The van der Waals surface area contributed by atoms with E-state index in [1.807, 2.05) is 37.3 Å². The summed E-state index contributed by atoms with van der Waals surface area (Å²) in [5.41, 5.74) is 1.72. The highest BCUT2D eigenvalue weighted by Crippen LogP contribution is 2.25. The van der Waals surface area contributed by atoms with Gasteiger partial charge in [0.25, 0.3) is 0 Å². The zero-order valence-electron chi connectivity index (χ0n) is 16.2. The number of aromatic nitrogens is 2. The van der Waals surface area contributed by atoms with Crippen molar-refractivity contribution in [1.29, 1.82) is 0 Å². The molecular weight excluding hydrogens is 471 g/mol. The normalized spacial score (nSPS) is 16.5. The summed E-state index contributed by atoms with van der Waals surface area (Å²) in [6.07, 6.45) is 2.14. The van der Waals surface area contributed by atoms with E-state index in [9.17, 15) is 4.79 Å². The minimum absolute atomic E-state index is 0. The Morgan fingerprint density at radius 1 is 1.39 bits per heavy atom. The number of nitrogens with zero attached hydrogens (tertiary/aromatic N) is 4. The first-order valence-corrected chi connectivity index (χ1v) is 8.79. The first-order valence-electron chi connectivity index (χ1n) is 8.79. The van der Waals surface area contributed by atoms with Gasteiger partial charge in [-0.3, -0.25) is 9.79 Å². The number of carbonyl (C=O) groups excluding carboxylic acids is 1. The monoisotopic (exact) mass is 496 g/mol. The first kappa shape index (κ1) is 21.9. The smallest absolute Gasteiger partial charge is 0.229 e. The molecule has 0 aliphatic carbocycles. The maximum atomic E-state index is 12.4. The van der Waals surface area contributed by atoms with Gasteiger partial charge in [0.15, 0.2) is 5.96 Å². The number of anilines is 1. The molecule has 0 spiro atoms. The van der Waals surface area contributed by atoms with Crippen molar-refractivity contribution in [2.75, 3.05) is 25.6 Å². The van der Waals surface area contributed by atoms with Crippen LogP contribution in [0.3, 0.4) is 0 Å². The predicted octanol–water partition coefficient (Wildman–Crippen LogP) is 1.88. The van der Waals surface area contributed by atoms with E-state index in [0.29, 0.717) is 25.5 Å². The van der Waals surface area contributed by atoms with Crippen molar-refractivity contribution in [3.8, 4) is 5.75 Å². The van der Waals surface area contributed by atoms with Gasteiger partial charge in [0.1, 0.15) is 11.6 Å². The van der Waals surface area contributed by atoms with Crippen molar-refractivity contribution in [1.82, 2.24) is 20.6 Å². The van der Waals surface area contributed by atoms with Crippen molar-refractivity contribution in [3.63, 3.8) is 0 Å². The van der Waals surface area contributed by atoms with E-state index in [-0.39, 0.29) is 35.9 Å². The number of methoxy groups -OCH3 is 1. The van der Waals surface area contributed by atoms with Gasteiger partial charge >= 0.3 is 0 Å². The third-order valence-corrected chi connectivity index (χ3v) is 4.33. The summed E-state index contributed by atoms with van der Waals surface area (Å²) < 4.78 is 5.25. The van der Waals surface area contributed by atoms with E-state index in [4.69, 9.17) is 4.74 Å². The average molecular weight is 496 g/mol. The molecule has 2 aromatic rings. The number of halogens is 1. The summed E-state index contributed by atoms with van der Waals surface area (Å²) in [5.74, 6) is 2.17. The van der Waals surface area contributed by atoms with Crippen molar-refractivity contribution in [2.45, 2.75) is 25.9 Å². The van der Waals surface area contributed by atoms with Crippen LogP contribution in [0.4, 0.5) is 5.69 Å². The molecule has 0 radical (unpaired) electrons. The molecule has 1 aromatic heterocycles. The molecule has 28 heavy (non-hydrogen) atoms.